The van der Waals surface area contributed by atoms with E-state index < -0.39 is 0 Å². The molecule has 0 aromatic carbocycles. The summed E-state index contributed by atoms with van der Waals surface area (Å²) < 4.78 is 6.85. The van der Waals surface area contributed by atoms with Crippen molar-refractivity contribution in [1.29, 1.82) is 0 Å². The average Bonchev–Trinajstić information content (AvgIpc) is 3.18. The number of hydrogen-bond acceptors (Lipinski definition) is 6. The van der Waals surface area contributed by atoms with Gasteiger partial charge in [0.15, 0.2) is 12.3 Å². The quantitative estimate of drug-likeness (QED) is 0.718. The number of carbonyl (C=O) groups excluding carboxylic acids is 1. The van der Waals surface area contributed by atoms with E-state index in [0.717, 1.165) is 11.4 Å². The number of nitrogens with zero attached hydrogens (tertiary/aromatic N) is 5. The Kier molecular flexibility index (Phi) is 4.15. The van der Waals surface area contributed by atoms with Gasteiger partial charge >= 0.3 is 0 Å². The molecule has 0 aliphatic rings. The Hall–Kier alpha value is -2.97. The van der Waals surface area contributed by atoms with Gasteiger partial charge in [0.1, 0.15) is 6.33 Å². The monoisotopic (exact) mass is 329 g/mol. The third-order valence-electron chi connectivity index (χ3n) is 3.36. The molecule has 0 radical (unpaired) electrons. The molecule has 3 aromatic rings. The van der Waals surface area contributed by atoms with Gasteiger partial charge in [-0.05, 0) is 12.1 Å². The number of rotatable bonds is 5. The largest absolute Gasteiger partial charge is 0.467 e. The lowest BCUT2D eigenvalue weighted by Gasteiger charge is -2.13. The van der Waals surface area contributed by atoms with Gasteiger partial charge in [-0.15, -0.1) is 15.3 Å². The number of ether oxygens (including phenoxy) is 1. The Morgan fingerprint density at radius 1 is 1.38 bits per heavy atom. The molecule has 2 N–H and O–H groups in total. The molecule has 0 bridgehead atoms. The van der Waals surface area contributed by atoms with Gasteiger partial charge in [0.2, 0.25) is 5.88 Å². The maximum atomic E-state index is 11.9. The van der Waals surface area contributed by atoms with Crippen LogP contribution in [0.2, 0.25) is 0 Å². The summed E-state index contributed by atoms with van der Waals surface area (Å²) in [6.07, 6.45) is 1.47. The zero-order chi connectivity index (χ0) is 17.2. The van der Waals surface area contributed by atoms with E-state index in [9.17, 15) is 4.79 Å². The van der Waals surface area contributed by atoms with Crippen molar-refractivity contribution in [2.24, 2.45) is 0 Å². The maximum absolute atomic E-state index is 11.9. The summed E-state index contributed by atoms with van der Waals surface area (Å²) in [5.41, 5.74) is 2.38. The van der Waals surface area contributed by atoms with Gasteiger partial charge in [-0.2, -0.15) is 9.61 Å². The number of carbonyl (C=O) groups is 1. The van der Waals surface area contributed by atoms with E-state index in [4.69, 9.17) is 4.74 Å². The Bertz CT molecular complexity index is 847. The number of nitrogens with one attached hydrogen (secondary N) is 2. The van der Waals surface area contributed by atoms with Crippen LogP contribution in [-0.2, 0) is 16.8 Å². The molecule has 0 saturated carbocycles. The molecule has 0 atom stereocenters. The first-order chi connectivity index (χ1) is 11.4. The molecule has 3 heterocycles. The van der Waals surface area contributed by atoms with E-state index in [1.165, 1.54) is 10.8 Å². The molecule has 126 valence electrons. The van der Waals surface area contributed by atoms with Gasteiger partial charge in [-0.3, -0.25) is 9.89 Å². The fourth-order valence-corrected chi connectivity index (χ4v) is 2.01. The summed E-state index contributed by atoms with van der Waals surface area (Å²) in [7, 11) is 0. The minimum atomic E-state index is -0.243. The molecular formula is C15H19N7O2. The number of amides is 1. The van der Waals surface area contributed by atoms with E-state index in [2.05, 4.69) is 51.6 Å². The van der Waals surface area contributed by atoms with Crippen LogP contribution < -0.4 is 10.1 Å². The lowest BCUT2D eigenvalue weighted by Crippen LogP contribution is -2.28. The molecular weight excluding hydrogens is 310 g/mol. The minimum absolute atomic E-state index is 0.0334. The molecule has 0 saturated heterocycles. The molecule has 0 spiro atoms. The zero-order valence-corrected chi connectivity index (χ0v) is 13.8. The Balaban J connectivity index is 1.49. The topological polar surface area (TPSA) is 110 Å². The molecule has 24 heavy (non-hydrogen) atoms. The number of hydrogen-bond donors (Lipinski definition) is 2. The van der Waals surface area contributed by atoms with Crippen molar-refractivity contribution in [3.63, 3.8) is 0 Å². The normalized spacial score (nSPS) is 11.6. The van der Waals surface area contributed by atoms with Gasteiger partial charge in [0.25, 0.3) is 5.91 Å². The molecule has 0 aliphatic carbocycles. The Labute approximate surface area is 138 Å². The highest BCUT2D eigenvalue weighted by atomic mass is 16.5. The lowest BCUT2D eigenvalue weighted by atomic mass is 9.92. The fourth-order valence-electron chi connectivity index (χ4n) is 2.01. The van der Waals surface area contributed by atoms with Crippen LogP contribution in [0.3, 0.4) is 0 Å². The molecule has 0 unspecified atom stereocenters. The predicted molar refractivity (Wildman–Crippen MR) is 85.4 cm³/mol. The molecule has 3 rings (SSSR count). The van der Waals surface area contributed by atoms with Crippen LogP contribution in [0.1, 0.15) is 32.2 Å². The van der Waals surface area contributed by atoms with Crippen molar-refractivity contribution in [2.75, 3.05) is 6.61 Å². The van der Waals surface area contributed by atoms with E-state index in [1.807, 2.05) is 6.07 Å². The van der Waals surface area contributed by atoms with Crippen molar-refractivity contribution >= 4 is 11.6 Å². The van der Waals surface area contributed by atoms with Gasteiger partial charge in [-0.1, -0.05) is 20.8 Å². The number of aromatic amines is 1. The van der Waals surface area contributed by atoms with Crippen LogP contribution in [0.15, 0.2) is 24.5 Å². The van der Waals surface area contributed by atoms with E-state index >= 15 is 0 Å². The summed E-state index contributed by atoms with van der Waals surface area (Å²) in [4.78, 5) is 11.9. The minimum Gasteiger partial charge on any atom is -0.467 e. The van der Waals surface area contributed by atoms with Crippen LogP contribution in [0.4, 0.5) is 0 Å². The smallest absolute Gasteiger partial charge is 0.258 e. The molecule has 3 aromatic heterocycles. The van der Waals surface area contributed by atoms with Crippen LogP contribution >= 0.6 is 0 Å². The van der Waals surface area contributed by atoms with Crippen molar-refractivity contribution in [2.45, 2.75) is 32.7 Å². The first-order valence-electron chi connectivity index (χ1n) is 7.53. The fraction of sp³-hybridized carbons (Fsp3) is 0.400. The maximum Gasteiger partial charge on any atom is 0.258 e. The third-order valence-corrected chi connectivity index (χ3v) is 3.36. The van der Waals surface area contributed by atoms with Crippen molar-refractivity contribution in [3.8, 4) is 5.88 Å². The van der Waals surface area contributed by atoms with Crippen molar-refractivity contribution in [1.82, 2.24) is 35.3 Å². The predicted octanol–water partition coefficient (Wildman–Crippen LogP) is 0.840. The second-order valence-electron chi connectivity index (χ2n) is 6.40. The molecule has 9 heteroatoms. The number of H-pyrrole nitrogens is 1. The Morgan fingerprint density at radius 2 is 2.21 bits per heavy atom. The first kappa shape index (κ1) is 15.9. The zero-order valence-electron chi connectivity index (χ0n) is 13.8. The average molecular weight is 329 g/mol. The van der Waals surface area contributed by atoms with Crippen molar-refractivity contribution in [3.05, 3.63) is 35.9 Å². The molecule has 9 nitrogen and oxygen atoms in total. The van der Waals surface area contributed by atoms with Gasteiger partial charge in [-0.25, -0.2) is 0 Å². The SMILES string of the molecule is CC(C)(C)c1cc(CNC(=O)COc2ccc3nncn3n2)[nH]n1. The third kappa shape index (κ3) is 3.67. The van der Waals surface area contributed by atoms with E-state index in [1.54, 1.807) is 12.1 Å². The molecule has 0 aliphatic heterocycles. The molecule has 0 fully saturated rings. The number of fused-ring (bicyclic) bond motifs is 1. The second kappa shape index (κ2) is 6.26. The highest BCUT2D eigenvalue weighted by molar-refractivity contribution is 5.77. The van der Waals surface area contributed by atoms with E-state index in [0.29, 0.717) is 18.1 Å². The van der Waals surface area contributed by atoms with Crippen LogP contribution in [0.5, 0.6) is 5.88 Å². The summed E-state index contributed by atoms with van der Waals surface area (Å²) in [6, 6.07) is 5.30. The van der Waals surface area contributed by atoms with Crippen LogP contribution in [0, 0.1) is 0 Å². The highest BCUT2D eigenvalue weighted by Crippen LogP contribution is 2.20. The number of aromatic nitrogens is 6. The Morgan fingerprint density at radius 3 is 2.96 bits per heavy atom. The first-order valence-corrected chi connectivity index (χ1v) is 7.53. The van der Waals surface area contributed by atoms with Crippen LogP contribution in [-0.4, -0.2) is 42.5 Å². The summed E-state index contributed by atoms with van der Waals surface area (Å²) in [5.74, 6) is 0.0848. The summed E-state index contributed by atoms with van der Waals surface area (Å²) in [6.45, 7) is 6.49. The highest BCUT2D eigenvalue weighted by Gasteiger charge is 2.17. The second-order valence-corrected chi connectivity index (χ2v) is 6.40. The van der Waals surface area contributed by atoms with Gasteiger partial charge in [0, 0.05) is 11.5 Å². The summed E-state index contributed by atoms with van der Waals surface area (Å²) in [5, 5.41) is 21.6. The van der Waals surface area contributed by atoms with Gasteiger partial charge < -0.3 is 10.1 Å². The standard InChI is InChI=1S/C15H19N7O2/c1-15(2,3)11-6-10(18-19-11)7-16-13(23)8-24-14-5-4-12-20-17-9-22(12)21-14/h4-6,9H,7-8H2,1-3H3,(H,16,23)(H,18,19). The van der Waals surface area contributed by atoms with Crippen LogP contribution in [0.25, 0.3) is 5.65 Å². The molecule has 1 amide bonds. The van der Waals surface area contributed by atoms with E-state index in [-0.39, 0.29) is 17.9 Å². The summed E-state index contributed by atoms with van der Waals surface area (Å²) >= 11 is 0. The lowest BCUT2D eigenvalue weighted by molar-refractivity contribution is -0.123. The van der Waals surface area contributed by atoms with Crippen molar-refractivity contribution < 1.29 is 9.53 Å². The van der Waals surface area contributed by atoms with Gasteiger partial charge in [0.05, 0.1) is 17.9 Å².